The number of hydrogen-bond donors (Lipinski definition) is 0. The summed E-state index contributed by atoms with van der Waals surface area (Å²) in [6.45, 7) is 0. The molecule has 374 valence electrons. The standard InChI is InChI=1S/C72H48N2O2P2S/c75-77(54-25-4-1-5-26-54,55-27-6-2-7-28-55)58-40-42-70-64(47-58)65-48-59(41-43-71(65)79-70)78(76,56-29-8-3-9-30-56)57-31-18-22-51(46-57)60-35-19-39-69-72(60)63-34-12-15-38-68(63)74(69)53-24-17-21-50(45-53)49-20-16-23-52(44-49)73-66-36-13-10-32-61(66)62-33-11-14-37-67(62)73/h1-48H. The zero-order chi connectivity index (χ0) is 52.7. The van der Waals surface area contributed by atoms with Gasteiger partial charge in [0.1, 0.15) is 0 Å². The van der Waals surface area contributed by atoms with Crippen LogP contribution in [0.3, 0.4) is 0 Å². The molecule has 12 aromatic carbocycles. The van der Waals surface area contributed by atoms with Gasteiger partial charge in [-0.15, -0.1) is 11.3 Å². The van der Waals surface area contributed by atoms with Crippen molar-refractivity contribution in [1.29, 1.82) is 0 Å². The Morgan fingerprint density at radius 1 is 0.266 bits per heavy atom. The first-order chi connectivity index (χ1) is 38.9. The van der Waals surface area contributed by atoms with E-state index in [0.717, 1.165) is 107 Å². The average molecular weight is 1070 g/mol. The highest BCUT2D eigenvalue weighted by molar-refractivity contribution is 7.85. The predicted octanol–water partition coefficient (Wildman–Crippen LogP) is 16.9. The van der Waals surface area contributed by atoms with Gasteiger partial charge >= 0.3 is 0 Å². The van der Waals surface area contributed by atoms with Crippen molar-refractivity contribution in [2.75, 3.05) is 0 Å². The molecule has 15 aromatic rings. The molecule has 0 saturated heterocycles. The van der Waals surface area contributed by atoms with Gasteiger partial charge in [-0.25, -0.2) is 0 Å². The molecule has 0 radical (unpaired) electrons. The maximum Gasteiger partial charge on any atom is 0.171 e. The number of benzene rings is 12. The predicted molar refractivity (Wildman–Crippen MR) is 338 cm³/mol. The van der Waals surface area contributed by atoms with E-state index in [1.165, 1.54) is 21.8 Å². The van der Waals surface area contributed by atoms with Crippen molar-refractivity contribution >= 4 is 121 Å². The second-order valence-electron chi connectivity index (χ2n) is 20.3. The van der Waals surface area contributed by atoms with Gasteiger partial charge in [-0.3, -0.25) is 0 Å². The van der Waals surface area contributed by atoms with Gasteiger partial charge in [0.05, 0.1) is 22.1 Å². The molecule has 0 aliphatic heterocycles. The summed E-state index contributed by atoms with van der Waals surface area (Å²) in [4.78, 5) is 0. The number of thiophene rings is 1. The Balaban J connectivity index is 0.849. The lowest BCUT2D eigenvalue weighted by Crippen LogP contribution is -2.25. The topological polar surface area (TPSA) is 44.0 Å². The first-order valence-corrected chi connectivity index (χ1v) is 30.8. The Hall–Kier alpha value is -9.08. The van der Waals surface area contributed by atoms with Crippen LogP contribution in [0.2, 0.25) is 0 Å². The Kier molecular flexibility index (Phi) is 11.2. The zero-order valence-electron chi connectivity index (χ0n) is 42.7. The van der Waals surface area contributed by atoms with E-state index in [-0.39, 0.29) is 0 Å². The van der Waals surface area contributed by atoms with Crippen molar-refractivity contribution in [1.82, 2.24) is 9.13 Å². The van der Waals surface area contributed by atoms with E-state index >= 15 is 9.13 Å². The van der Waals surface area contributed by atoms with Gasteiger partial charge in [0.25, 0.3) is 0 Å². The normalized spacial score (nSPS) is 12.8. The lowest BCUT2D eigenvalue weighted by atomic mass is 9.99. The summed E-state index contributed by atoms with van der Waals surface area (Å²) >= 11 is 1.70. The highest BCUT2D eigenvalue weighted by atomic mass is 32.1. The number of aromatic nitrogens is 2. The second kappa shape index (κ2) is 18.8. The molecular formula is C72H48N2O2P2S. The van der Waals surface area contributed by atoms with Gasteiger partial charge in [-0.1, -0.05) is 200 Å². The van der Waals surface area contributed by atoms with E-state index in [9.17, 15) is 0 Å². The molecule has 1 atom stereocenters. The molecule has 0 spiro atoms. The molecule has 0 bridgehead atoms. The molecule has 0 fully saturated rings. The second-order valence-corrected chi connectivity index (χ2v) is 26.9. The zero-order valence-corrected chi connectivity index (χ0v) is 45.3. The largest absolute Gasteiger partial charge is 0.309 e. The minimum Gasteiger partial charge on any atom is -0.309 e. The van der Waals surface area contributed by atoms with Gasteiger partial charge in [0.2, 0.25) is 0 Å². The first kappa shape index (κ1) is 47.2. The fraction of sp³-hybridized carbons (Fsp3) is 0. The van der Waals surface area contributed by atoms with Crippen LogP contribution >= 0.6 is 25.6 Å². The van der Waals surface area contributed by atoms with Crippen LogP contribution in [-0.4, -0.2) is 9.13 Å². The maximum absolute atomic E-state index is 16.7. The lowest BCUT2D eigenvalue weighted by molar-refractivity contribution is 0.591. The third kappa shape index (κ3) is 7.57. The number of rotatable bonds is 10. The van der Waals surface area contributed by atoms with Crippen molar-refractivity contribution in [2.24, 2.45) is 0 Å². The number of nitrogens with zero attached hydrogens (tertiary/aromatic N) is 2. The van der Waals surface area contributed by atoms with E-state index in [1.807, 2.05) is 103 Å². The van der Waals surface area contributed by atoms with Crippen LogP contribution in [0, 0.1) is 0 Å². The van der Waals surface area contributed by atoms with E-state index in [1.54, 1.807) is 11.3 Å². The van der Waals surface area contributed by atoms with Crippen LogP contribution < -0.4 is 31.8 Å². The summed E-state index contributed by atoms with van der Waals surface area (Å²) in [5, 5.41) is 11.4. The molecule has 0 saturated carbocycles. The summed E-state index contributed by atoms with van der Waals surface area (Å²) in [6.07, 6.45) is 0. The maximum atomic E-state index is 16.7. The fourth-order valence-corrected chi connectivity index (χ4v) is 18.6. The molecule has 0 N–H and O–H groups in total. The minimum absolute atomic E-state index is 0.748. The summed E-state index contributed by atoms with van der Waals surface area (Å²) in [5.74, 6) is 0. The molecule has 7 heteroatoms. The van der Waals surface area contributed by atoms with E-state index in [4.69, 9.17) is 0 Å². The van der Waals surface area contributed by atoms with Crippen molar-refractivity contribution in [3.05, 3.63) is 291 Å². The molecular weight excluding hydrogens is 1020 g/mol. The van der Waals surface area contributed by atoms with Gasteiger partial charge in [-0.05, 0) is 113 Å². The number of para-hydroxylation sites is 3. The molecule has 3 aromatic heterocycles. The van der Waals surface area contributed by atoms with Crippen molar-refractivity contribution < 1.29 is 9.13 Å². The smallest absolute Gasteiger partial charge is 0.171 e. The fourth-order valence-electron chi connectivity index (χ4n) is 12.2. The highest BCUT2D eigenvalue weighted by Gasteiger charge is 2.33. The van der Waals surface area contributed by atoms with Crippen LogP contribution in [0.25, 0.3) is 97.4 Å². The minimum atomic E-state index is -3.51. The van der Waals surface area contributed by atoms with Crippen molar-refractivity contribution in [3.63, 3.8) is 0 Å². The summed E-state index contributed by atoms with van der Waals surface area (Å²) in [5.41, 5.74) is 11.1. The lowest BCUT2D eigenvalue weighted by Gasteiger charge is -2.21. The molecule has 4 nitrogen and oxygen atoms in total. The Morgan fingerprint density at radius 3 is 1.18 bits per heavy atom. The van der Waals surface area contributed by atoms with E-state index in [0.29, 0.717) is 0 Å². The van der Waals surface area contributed by atoms with Crippen LogP contribution in [-0.2, 0) is 9.13 Å². The monoisotopic (exact) mass is 1070 g/mol. The van der Waals surface area contributed by atoms with Gasteiger partial charge in [-0.2, -0.15) is 0 Å². The molecule has 1 unspecified atom stereocenters. The number of hydrogen-bond acceptors (Lipinski definition) is 3. The summed E-state index contributed by atoms with van der Waals surface area (Å²) in [7, 11) is -6.76. The number of fused-ring (bicyclic) bond motifs is 9. The van der Waals surface area contributed by atoms with Crippen LogP contribution in [0.1, 0.15) is 0 Å². The third-order valence-corrected chi connectivity index (χ3v) is 23.1. The van der Waals surface area contributed by atoms with Crippen LogP contribution in [0.4, 0.5) is 0 Å². The SMILES string of the molecule is O=P(c1ccccc1)(c1ccccc1)c1ccc2sc3ccc(P(=O)(c4ccccc4)c4cccc(-c5cccc6c5c5ccccc5n6-c5cccc(-c6cccc(-n7c8ccccc8c8ccccc87)c6)c5)c4)cc3c2c1. The highest BCUT2D eigenvalue weighted by Crippen LogP contribution is 2.48. The van der Waals surface area contributed by atoms with E-state index in [2.05, 4.69) is 197 Å². The van der Waals surface area contributed by atoms with Crippen molar-refractivity contribution in [2.45, 2.75) is 0 Å². The third-order valence-electron chi connectivity index (χ3n) is 15.9. The first-order valence-electron chi connectivity index (χ1n) is 26.6. The molecule has 79 heavy (non-hydrogen) atoms. The molecule has 0 aliphatic rings. The Morgan fingerprint density at radius 2 is 0.646 bits per heavy atom. The van der Waals surface area contributed by atoms with Crippen LogP contribution in [0.15, 0.2) is 291 Å². The van der Waals surface area contributed by atoms with E-state index < -0.39 is 14.3 Å². The Labute approximate surface area is 461 Å². The average Bonchev–Trinajstić information content (AvgIpc) is 4.23. The summed E-state index contributed by atoms with van der Waals surface area (Å²) < 4.78 is 39.2. The quantitative estimate of drug-likeness (QED) is 0.128. The Bertz CT molecular complexity index is 4890. The van der Waals surface area contributed by atoms with Gasteiger partial charge < -0.3 is 18.3 Å². The summed E-state index contributed by atoms with van der Waals surface area (Å²) in [6, 6.07) is 101. The molecule has 15 rings (SSSR count). The molecule has 0 amide bonds. The molecule has 0 aliphatic carbocycles. The van der Waals surface area contributed by atoms with Gasteiger partial charge in [0.15, 0.2) is 14.3 Å². The van der Waals surface area contributed by atoms with Crippen LogP contribution in [0.5, 0.6) is 0 Å². The molecule has 3 heterocycles. The van der Waals surface area contributed by atoms with Gasteiger partial charge in [0, 0.05) is 84.9 Å². The van der Waals surface area contributed by atoms with Crippen molar-refractivity contribution in [3.8, 4) is 33.6 Å².